The number of piperidine rings is 1. The average molecular weight is 378 g/mol. The van der Waals surface area contributed by atoms with Gasteiger partial charge in [0, 0.05) is 30.8 Å². The summed E-state index contributed by atoms with van der Waals surface area (Å²) in [5, 5.41) is 2.98. The first-order chi connectivity index (χ1) is 13.5. The lowest BCUT2D eigenvalue weighted by Gasteiger charge is -2.30. The Bertz CT molecular complexity index is 883. The van der Waals surface area contributed by atoms with Crippen molar-refractivity contribution in [2.45, 2.75) is 26.7 Å². The van der Waals surface area contributed by atoms with Crippen molar-refractivity contribution in [3.8, 4) is 11.5 Å². The number of benzene rings is 2. The fourth-order valence-corrected chi connectivity index (χ4v) is 3.41. The van der Waals surface area contributed by atoms with E-state index < -0.39 is 0 Å². The van der Waals surface area contributed by atoms with E-state index >= 15 is 0 Å². The molecule has 0 radical (unpaired) electrons. The maximum Gasteiger partial charge on any atom is 0.245 e. The van der Waals surface area contributed by atoms with Crippen LogP contribution in [0.2, 0.25) is 0 Å². The van der Waals surface area contributed by atoms with Crippen molar-refractivity contribution in [3.05, 3.63) is 66.2 Å². The number of carbonyl (C=O) groups is 2. The standard InChI is InChI=1S/C23H26N2O3/c1-4-22(26)25-12-10-18(11-13-25)23(27)24-19-6-5-7-20(15-19)28-21-9-8-16(2)14-17(21)3/h4-9,14-15,18H,1,10-13H2,2-3H3,(H,24,27). The van der Waals surface area contributed by atoms with E-state index in [1.165, 1.54) is 11.6 Å². The smallest absolute Gasteiger partial charge is 0.245 e. The van der Waals surface area contributed by atoms with Gasteiger partial charge in [-0.25, -0.2) is 0 Å². The minimum atomic E-state index is -0.0993. The van der Waals surface area contributed by atoms with Crippen molar-refractivity contribution in [2.24, 2.45) is 5.92 Å². The van der Waals surface area contributed by atoms with Gasteiger partial charge in [0.2, 0.25) is 11.8 Å². The molecule has 28 heavy (non-hydrogen) atoms. The molecule has 0 bridgehead atoms. The van der Waals surface area contributed by atoms with E-state index in [2.05, 4.69) is 18.0 Å². The molecule has 0 aromatic heterocycles. The number of likely N-dealkylation sites (tertiary alicyclic amines) is 1. The molecule has 5 nitrogen and oxygen atoms in total. The number of nitrogens with one attached hydrogen (secondary N) is 1. The average Bonchev–Trinajstić information content (AvgIpc) is 2.70. The number of nitrogens with zero attached hydrogens (tertiary/aromatic N) is 1. The molecule has 2 aromatic carbocycles. The lowest BCUT2D eigenvalue weighted by Crippen LogP contribution is -2.40. The quantitative estimate of drug-likeness (QED) is 0.782. The Kier molecular flexibility index (Phi) is 6.14. The molecule has 1 heterocycles. The van der Waals surface area contributed by atoms with Crippen molar-refractivity contribution in [1.29, 1.82) is 0 Å². The van der Waals surface area contributed by atoms with Gasteiger partial charge >= 0.3 is 0 Å². The van der Waals surface area contributed by atoms with Crippen LogP contribution in [0.4, 0.5) is 5.69 Å². The third kappa shape index (κ3) is 4.80. The number of ether oxygens (including phenoxy) is 1. The Hall–Kier alpha value is -3.08. The Balaban J connectivity index is 1.60. The summed E-state index contributed by atoms with van der Waals surface area (Å²) in [7, 11) is 0. The zero-order valence-electron chi connectivity index (χ0n) is 16.4. The van der Waals surface area contributed by atoms with Crippen LogP contribution >= 0.6 is 0 Å². The van der Waals surface area contributed by atoms with Gasteiger partial charge in [0.15, 0.2) is 0 Å². The van der Waals surface area contributed by atoms with Crippen LogP contribution in [0, 0.1) is 19.8 Å². The molecule has 0 atom stereocenters. The van der Waals surface area contributed by atoms with Gasteiger partial charge in [0.25, 0.3) is 0 Å². The molecule has 5 heteroatoms. The summed E-state index contributed by atoms with van der Waals surface area (Å²) in [4.78, 5) is 26.0. The molecule has 146 valence electrons. The zero-order valence-corrected chi connectivity index (χ0v) is 16.4. The zero-order chi connectivity index (χ0) is 20.1. The second-order valence-electron chi connectivity index (χ2n) is 7.19. The van der Waals surface area contributed by atoms with Gasteiger partial charge in [0.1, 0.15) is 11.5 Å². The summed E-state index contributed by atoms with van der Waals surface area (Å²) < 4.78 is 5.98. The summed E-state index contributed by atoms with van der Waals surface area (Å²) >= 11 is 0. The first-order valence-electron chi connectivity index (χ1n) is 9.53. The number of carbonyl (C=O) groups excluding carboxylic acids is 2. The van der Waals surface area contributed by atoms with Gasteiger partial charge in [-0.2, -0.15) is 0 Å². The predicted octanol–water partition coefficient (Wildman–Crippen LogP) is 4.46. The Labute approximate surface area is 166 Å². The van der Waals surface area contributed by atoms with E-state index in [1.54, 1.807) is 4.90 Å². The molecular formula is C23H26N2O3. The Morgan fingerprint density at radius 3 is 2.57 bits per heavy atom. The number of hydrogen-bond donors (Lipinski definition) is 1. The van der Waals surface area contributed by atoms with Crippen LogP contribution in [0.3, 0.4) is 0 Å². The van der Waals surface area contributed by atoms with Crippen molar-refractivity contribution in [1.82, 2.24) is 4.90 Å². The van der Waals surface area contributed by atoms with Crippen LogP contribution in [-0.4, -0.2) is 29.8 Å². The second kappa shape index (κ2) is 8.74. The van der Waals surface area contributed by atoms with E-state index in [1.807, 2.05) is 50.2 Å². The molecule has 0 unspecified atom stereocenters. The molecular weight excluding hydrogens is 352 g/mol. The van der Waals surface area contributed by atoms with E-state index in [-0.39, 0.29) is 17.7 Å². The molecule has 1 aliphatic heterocycles. The van der Waals surface area contributed by atoms with Crippen LogP contribution in [0.1, 0.15) is 24.0 Å². The molecule has 1 saturated heterocycles. The number of hydrogen-bond acceptors (Lipinski definition) is 3. The summed E-state index contributed by atoms with van der Waals surface area (Å²) in [6, 6.07) is 13.4. The molecule has 1 N–H and O–H groups in total. The normalized spacial score (nSPS) is 14.4. The molecule has 0 aliphatic carbocycles. The lowest BCUT2D eigenvalue weighted by atomic mass is 9.95. The number of anilines is 1. The van der Waals surface area contributed by atoms with Gasteiger partial charge in [0.05, 0.1) is 0 Å². The molecule has 0 spiro atoms. The molecule has 3 rings (SSSR count). The number of aryl methyl sites for hydroxylation is 2. The van der Waals surface area contributed by atoms with Gasteiger partial charge in [-0.3, -0.25) is 9.59 Å². The van der Waals surface area contributed by atoms with Crippen molar-refractivity contribution in [3.63, 3.8) is 0 Å². The van der Waals surface area contributed by atoms with Crippen LogP contribution in [0.25, 0.3) is 0 Å². The monoisotopic (exact) mass is 378 g/mol. The van der Waals surface area contributed by atoms with Crippen LogP contribution in [0.15, 0.2) is 55.1 Å². The summed E-state index contributed by atoms with van der Waals surface area (Å²) in [5.41, 5.74) is 2.96. The van der Waals surface area contributed by atoms with Gasteiger partial charge < -0.3 is 15.0 Å². The number of rotatable bonds is 5. The topological polar surface area (TPSA) is 58.6 Å². The van der Waals surface area contributed by atoms with Crippen LogP contribution < -0.4 is 10.1 Å². The Morgan fingerprint density at radius 1 is 1.14 bits per heavy atom. The highest BCUT2D eigenvalue weighted by molar-refractivity contribution is 5.93. The molecule has 2 amide bonds. The lowest BCUT2D eigenvalue weighted by molar-refractivity contribution is -0.130. The Morgan fingerprint density at radius 2 is 1.89 bits per heavy atom. The van der Waals surface area contributed by atoms with Crippen molar-refractivity contribution < 1.29 is 14.3 Å². The second-order valence-corrected chi connectivity index (χ2v) is 7.19. The maximum absolute atomic E-state index is 12.6. The summed E-state index contributed by atoms with van der Waals surface area (Å²) in [6.07, 6.45) is 2.63. The van der Waals surface area contributed by atoms with E-state index in [0.717, 1.165) is 11.3 Å². The highest BCUT2D eigenvalue weighted by Gasteiger charge is 2.26. The molecule has 1 fully saturated rings. The van der Waals surface area contributed by atoms with Gasteiger partial charge in [-0.15, -0.1) is 0 Å². The largest absolute Gasteiger partial charge is 0.457 e. The van der Waals surface area contributed by atoms with Crippen LogP contribution in [0.5, 0.6) is 11.5 Å². The SMILES string of the molecule is C=CC(=O)N1CCC(C(=O)Nc2cccc(Oc3ccc(C)cc3C)c2)CC1. The molecule has 1 aliphatic rings. The van der Waals surface area contributed by atoms with Crippen molar-refractivity contribution >= 4 is 17.5 Å². The summed E-state index contributed by atoms with van der Waals surface area (Å²) in [6.45, 7) is 8.73. The summed E-state index contributed by atoms with van der Waals surface area (Å²) in [5.74, 6) is 1.28. The van der Waals surface area contributed by atoms with E-state index in [0.29, 0.717) is 37.4 Å². The maximum atomic E-state index is 12.6. The molecule has 2 aromatic rings. The first-order valence-corrected chi connectivity index (χ1v) is 9.53. The highest BCUT2D eigenvalue weighted by Crippen LogP contribution is 2.28. The fraction of sp³-hybridized carbons (Fsp3) is 0.304. The van der Waals surface area contributed by atoms with E-state index in [4.69, 9.17) is 4.74 Å². The highest BCUT2D eigenvalue weighted by atomic mass is 16.5. The van der Waals surface area contributed by atoms with Crippen LogP contribution in [-0.2, 0) is 9.59 Å². The minimum Gasteiger partial charge on any atom is -0.457 e. The minimum absolute atomic E-state index is 0.0191. The predicted molar refractivity (Wildman–Crippen MR) is 111 cm³/mol. The first kappa shape index (κ1) is 19.7. The molecule has 0 saturated carbocycles. The fourth-order valence-electron chi connectivity index (χ4n) is 3.41. The van der Waals surface area contributed by atoms with E-state index in [9.17, 15) is 9.59 Å². The third-order valence-electron chi connectivity index (χ3n) is 5.01. The van der Waals surface area contributed by atoms with Gasteiger partial charge in [-0.05, 0) is 56.5 Å². The third-order valence-corrected chi connectivity index (χ3v) is 5.01. The number of amides is 2. The van der Waals surface area contributed by atoms with Crippen molar-refractivity contribution in [2.75, 3.05) is 18.4 Å². The van der Waals surface area contributed by atoms with Gasteiger partial charge in [-0.1, -0.05) is 30.3 Å².